The lowest BCUT2D eigenvalue weighted by atomic mass is 10.2. The van der Waals surface area contributed by atoms with Crippen molar-refractivity contribution in [3.8, 4) is 0 Å². The van der Waals surface area contributed by atoms with E-state index in [1.54, 1.807) is 24.3 Å². The average Bonchev–Trinajstić information content (AvgIpc) is 2.15. The van der Waals surface area contributed by atoms with Gasteiger partial charge in [0.1, 0.15) is 0 Å². The van der Waals surface area contributed by atoms with E-state index in [-0.39, 0.29) is 0 Å². The van der Waals surface area contributed by atoms with Gasteiger partial charge in [-0.05, 0) is 12.1 Å². The van der Waals surface area contributed by atoms with E-state index in [0.29, 0.717) is 18.0 Å². The first-order valence-electron chi connectivity index (χ1n) is 4.36. The van der Waals surface area contributed by atoms with Gasteiger partial charge in [-0.1, -0.05) is 12.1 Å². The first-order chi connectivity index (χ1) is 6.98. The third kappa shape index (κ3) is 1.72. The molecule has 0 unspecified atom stereocenters. The summed E-state index contributed by atoms with van der Waals surface area (Å²) in [5.41, 5.74) is -0.786. The van der Waals surface area contributed by atoms with Gasteiger partial charge in [0.05, 0.1) is 11.0 Å². The molecule has 2 rings (SSSR count). The van der Waals surface area contributed by atoms with Crippen molar-refractivity contribution in [1.29, 1.82) is 0 Å². The molecule has 3 nitrogen and oxygen atoms in total. The minimum Gasteiger partial charge on any atom is -0.319 e. The molecule has 1 N–H and O–H groups in total. The molecule has 0 aliphatic rings. The highest BCUT2D eigenvalue weighted by Crippen LogP contribution is 2.22. The molecule has 1 heterocycles. The first-order valence-corrected chi connectivity index (χ1v) is 4.36. The number of para-hydroxylation sites is 2. The molecule has 0 saturated heterocycles. The van der Waals surface area contributed by atoms with Gasteiger partial charge in [0.2, 0.25) is 0 Å². The second kappa shape index (κ2) is 3.12. The lowest BCUT2D eigenvalue weighted by Crippen LogP contribution is -2.24. The molecule has 0 aliphatic carbocycles. The van der Waals surface area contributed by atoms with Crippen molar-refractivity contribution in [3.63, 3.8) is 0 Å². The third-order valence-electron chi connectivity index (χ3n) is 2.02. The summed E-state index contributed by atoms with van der Waals surface area (Å²) in [7, 11) is 0. The molecule has 0 radical (unpaired) electrons. The number of rotatable bonds is 1. The van der Waals surface area contributed by atoms with Crippen molar-refractivity contribution < 1.29 is 8.78 Å². The molecular formula is C10H8F2N2O. The van der Waals surface area contributed by atoms with E-state index in [4.69, 9.17) is 0 Å². The van der Waals surface area contributed by atoms with E-state index in [9.17, 15) is 13.6 Å². The third-order valence-corrected chi connectivity index (χ3v) is 2.02. The minimum atomic E-state index is -3.22. The van der Waals surface area contributed by atoms with E-state index in [1.807, 2.05) is 0 Å². The van der Waals surface area contributed by atoms with Gasteiger partial charge < -0.3 is 4.98 Å². The van der Waals surface area contributed by atoms with Gasteiger partial charge in [0, 0.05) is 6.92 Å². The molecule has 78 valence electrons. The quantitative estimate of drug-likeness (QED) is 0.782. The number of alkyl halides is 2. The Labute approximate surface area is 83.8 Å². The van der Waals surface area contributed by atoms with E-state index in [1.165, 1.54) is 0 Å². The van der Waals surface area contributed by atoms with Gasteiger partial charge in [0.15, 0.2) is 5.69 Å². The highest BCUT2D eigenvalue weighted by Gasteiger charge is 2.30. The zero-order valence-electron chi connectivity index (χ0n) is 7.92. The van der Waals surface area contributed by atoms with Crippen LogP contribution in [-0.4, -0.2) is 9.97 Å². The van der Waals surface area contributed by atoms with Crippen LogP contribution in [0.5, 0.6) is 0 Å². The summed E-state index contributed by atoms with van der Waals surface area (Å²) in [6.45, 7) is 0.652. The fourth-order valence-electron chi connectivity index (χ4n) is 1.33. The molecule has 0 aliphatic heterocycles. The van der Waals surface area contributed by atoms with E-state index in [0.717, 1.165) is 0 Å². The summed E-state index contributed by atoms with van der Waals surface area (Å²) in [5, 5.41) is 0. The summed E-state index contributed by atoms with van der Waals surface area (Å²) in [6.07, 6.45) is 0. The predicted molar refractivity (Wildman–Crippen MR) is 51.9 cm³/mol. The maximum atomic E-state index is 13.0. The van der Waals surface area contributed by atoms with Crippen LogP contribution >= 0.6 is 0 Å². The maximum Gasteiger partial charge on any atom is 0.292 e. The number of nitrogens with one attached hydrogen (secondary N) is 1. The Morgan fingerprint density at radius 3 is 2.67 bits per heavy atom. The second-order valence-electron chi connectivity index (χ2n) is 3.32. The number of hydrogen-bond donors (Lipinski definition) is 1. The molecule has 0 bridgehead atoms. The van der Waals surface area contributed by atoms with Crippen LogP contribution in [0.25, 0.3) is 11.0 Å². The molecule has 15 heavy (non-hydrogen) atoms. The van der Waals surface area contributed by atoms with Crippen molar-refractivity contribution in [2.75, 3.05) is 0 Å². The van der Waals surface area contributed by atoms with E-state index >= 15 is 0 Å². The molecule has 0 fully saturated rings. The van der Waals surface area contributed by atoms with Crippen molar-refractivity contribution in [2.45, 2.75) is 12.8 Å². The minimum absolute atomic E-state index is 0.355. The Morgan fingerprint density at radius 1 is 1.33 bits per heavy atom. The highest BCUT2D eigenvalue weighted by atomic mass is 19.3. The molecular weight excluding hydrogens is 202 g/mol. The number of nitrogens with zero attached hydrogens (tertiary/aromatic N) is 1. The van der Waals surface area contributed by atoms with Crippen LogP contribution in [0.3, 0.4) is 0 Å². The van der Waals surface area contributed by atoms with Crippen LogP contribution in [-0.2, 0) is 5.92 Å². The molecule has 0 atom stereocenters. The molecule has 0 saturated carbocycles. The number of hydrogen-bond acceptors (Lipinski definition) is 2. The van der Waals surface area contributed by atoms with Gasteiger partial charge in [0.25, 0.3) is 11.5 Å². The molecule has 0 amide bonds. The molecule has 1 aromatic carbocycles. The van der Waals surface area contributed by atoms with Crippen LogP contribution < -0.4 is 5.56 Å². The number of H-pyrrole nitrogens is 1. The topological polar surface area (TPSA) is 45.8 Å². The van der Waals surface area contributed by atoms with Crippen LogP contribution in [0.4, 0.5) is 8.78 Å². The van der Waals surface area contributed by atoms with Gasteiger partial charge in [-0.3, -0.25) is 4.79 Å². The van der Waals surface area contributed by atoms with Gasteiger partial charge in [-0.25, -0.2) is 4.98 Å². The van der Waals surface area contributed by atoms with Gasteiger partial charge in [-0.15, -0.1) is 0 Å². The van der Waals surface area contributed by atoms with Gasteiger partial charge >= 0.3 is 0 Å². The van der Waals surface area contributed by atoms with E-state index < -0.39 is 17.2 Å². The van der Waals surface area contributed by atoms with Crippen LogP contribution in [0.1, 0.15) is 12.6 Å². The number of halogens is 2. The molecule has 1 aromatic heterocycles. The predicted octanol–water partition coefficient (Wildman–Crippen LogP) is 2.03. The summed E-state index contributed by atoms with van der Waals surface area (Å²) in [6, 6.07) is 6.55. The van der Waals surface area contributed by atoms with Crippen molar-refractivity contribution in [1.82, 2.24) is 9.97 Å². The first kappa shape index (κ1) is 9.76. The highest BCUT2D eigenvalue weighted by molar-refractivity contribution is 5.73. The van der Waals surface area contributed by atoms with Crippen molar-refractivity contribution >= 4 is 11.0 Å². The molecule has 0 spiro atoms. The zero-order chi connectivity index (χ0) is 11.1. The zero-order valence-corrected chi connectivity index (χ0v) is 7.92. The monoisotopic (exact) mass is 210 g/mol. The standard InChI is InChI=1S/C10H8F2N2O/c1-10(11,12)8-9(15)14-7-5-3-2-4-6(7)13-8/h2-5H,1H3,(H,14,15). The van der Waals surface area contributed by atoms with Crippen LogP contribution in [0.15, 0.2) is 29.1 Å². The van der Waals surface area contributed by atoms with Crippen LogP contribution in [0.2, 0.25) is 0 Å². The number of fused-ring (bicyclic) bond motifs is 1. The summed E-state index contributed by atoms with van der Waals surface area (Å²) in [4.78, 5) is 17.3. The second-order valence-corrected chi connectivity index (χ2v) is 3.32. The Bertz CT molecular complexity index is 557. The maximum absolute atomic E-state index is 13.0. The van der Waals surface area contributed by atoms with Crippen LogP contribution in [0, 0.1) is 0 Å². The number of benzene rings is 1. The fourth-order valence-corrected chi connectivity index (χ4v) is 1.33. The Balaban J connectivity index is 2.79. The summed E-state index contributed by atoms with van der Waals surface area (Å²) in [5.74, 6) is -3.22. The molecule has 5 heteroatoms. The lowest BCUT2D eigenvalue weighted by Gasteiger charge is -2.08. The lowest BCUT2D eigenvalue weighted by molar-refractivity contribution is 0.0115. The fraction of sp³-hybridized carbons (Fsp3) is 0.200. The summed E-state index contributed by atoms with van der Waals surface area (Å²) >= 11 is 0. The Hall–Kier alpha value is -1.78. The van der Waals surface area contributed by atoms with Crippen molar-refractivity contribution in [2.24, 2.45) is 0 Å². The largest absolute Gasteiger partial charge is 0.319 e. The number of aromatic amines is 1. The van der Waals surface area contributed by atoms with Gasteiger partial charge in [-0.2, -0.15) is 8.78 Å². The summed E-state index contributed by atoms with van der Waals surface area (Å²) < 4.78 is 25.9. The normalized spacial score (nSPS) is 11.9. The van der Waals surface area contributed by atoms with Crippen molar-refractivity contribution in [3.05, 3.63) is 40.3 Å². The van der Waals surface area contributed by atoms with E-state index in [2.05, 4.69) is 9.97 Å². The average molecular weight is 210 g/mol. The Kier molecular flexibility index (Phi) is 2.03. The number of aromatic nitrogens is 2. The Morgan fingerprint density at radius 2 is 2.00 bits per heavy atom. The smallest absolute Gasteiger partial charge is 0.292 e. The SMILES string of the molecule is CC(F)(F)c1nc2ccccc2[nH]c1=O. The molecule has 2 aromatic rings.